The number of nitrogens with one attached hydrogen (secondary N) is 1. The van der Waals surface area contributed by atoms with Gasteiger partial charge in [0.05, 0.1) is 7.11 Å². The maximum Gasteiger partial charge on any atom is 0.253 e. The second kappa shape index (κ2) is 7.04. The lowest BCUT2D eigenvalue weighted by Gasteiger charge is -2.15. The summed E-state index contributed by atoms with van der Waals surface area (Å²) in [6.45, 7) is 4.08. The molecule has 0 bridgehead atoms. The predicted octanol–water partition coefficient (Wildman–Crippen LogP) is 2.06. The third kappa shape index (κ3) is 3.62. The van der Waals surface area contributed by atoms with Crippen molar-refractivity contribution in [3.05, 3.63) is 58.8 Å². The smallest absolute Gasteiger partial charge is 0.253 e. The number of carbonyl (C=O) groups excluding carboxylic acids is 1. The van der Waals surface area contributed by atoms with E-state index in [1.54, 1.807) is 31.4 Å². The maximum atomic E-state index is 12.1. The molecular formula is C17H20N2O3. The van der Waals surface area contributed by atoms with E-state index in [1.165, 1.54) is 0 Å². The molecule has 2 N–H and O–H groups in total. The van der Waals surface area contributed by atoms with E-state index >= 15 is 0 Å². The van der Waals surface area contributed by atoms with E-state index in [1.807, 2.05) is 26.0 Å². The second-order valence-corrected chi connectivity index (χ2v) is 5.10. The zero-order chi connectivity index (χ0) is 16.1. The van der Waals surface area contributed by atoms with E-state index in [2.05, 4.69) is 10.3 Å². The summed E-state index contributed by atoms with van der Waals surface area (Å²) in [5, 5.41) is 12.8. The number of rotatable bonds is 5. The fourth-order valence-corrected chi connectivity index (χ4v) is 2.27. The van der Waals surface area contributed by atoms with Crippen LogP contribution in [0.3, 0.4) is 0 Å². The van der Waals surface area contributed by atoms with Crippen LogP contribution in [0.1, 0.15) is 28.5 Å². The van der Waals surface area contributed by atoms with Crippen LogP contribution in [-0.4, -0.2) is 23.1 Å². The Morgan fingerprint density at radius 1 is 1.32 bits per heavy atom. The average Bonchev–Trinajstić information content (AvgIpc) is 2.53. The zero-order valence-corrected chi connectivity index (χ0v) is 13.0. The normalized spacial score (nSPS) is 11.8. The van der Waals surface area contributed by atoms with Crippen LogP contribution in [0.25, 0.3) is 0 Å². The topological polar surface area (TPSA) is 71.5 Å². The summed E-state index contributed by atoms with van der Waals surface area (Å²) < 4.78 is 5.26. The number of hydrogen-bond donors (Lipinski definition) is 2. The van der Waals surface area contributed by atoms with Gasteiger partial charge in [-0.1, -0.05) is 30.3 Å². The molecule has 0 aliphatic rings. The first-order valence-corrected chi connectivity index (χ1v) is 7.04. The molecule has 2 aromatic rings. The van der Waals surface area contributed by atoms with Crippen molar-refractivity contribution >= 4 is 5.91 Å². The minimum Gasteiger partial charge on any atom is -0.481 e. The summed E-state index contributed by atoms with van der Waals surface area (Å²) in [5.41, 5.74) is 3.21. The highest BCUT2D eigenvalue weighted by Crippen LogP contribution is 2.21. The summed E-state index contributed by atoms with van der Waals surface area (Å²) in [4.78, 5) is 16.4. The first-order chi connectivity index (χ1) is 10.5. The lowest BCUT2D eigenvalue weighted by Crippen LogP contribution is -2.29. The quantitative estimate of drug-likeness (QED) is 0.886. The molecule has 0 radical (unpaired) electrons. The zero-order valence-electron chi connectivity index (χ0n) is 13.0. The van der Waals surface area contributed by atoms with Gasteiger partial charge >= 0.3 is 0 Å². The SMILES string of the molecule is COc1nc(C)cc(C)c1CNC(=O)[C@H](O)c1ccccc1. The number of carbonyl (C=O) groups is 1. The van der Waals surface area contributed by atoms with Crippen molar-refractivity contribution in [2.45, 2.75) is 26.5 Å². The Balaban J connectivity index is 2.09. The number of benzene rings is 1. The molecule has 0 fully saturated rings. The number of pyridine rings is 1. The highest BCUT2D eigenvalue weighted by atomic mass is 16.5. The number of aliphatic hydroxyl groups is 1. The Labute approximate surface area is 130 Å². The van der Waals surface area contributed by atoms with Crippen LogP contribution < -0.4 is 10.1 Å². The third-order valence-electron chi connectivity index (χ3n) is 3.43. The Kier molecular flexibility index (Phi) is 5.12. The summed E-state index contributed by atoms with van der Waals surface area (Å²) in [5.74, 6) is 0.0419. The summed E-state index contributed by atoms with van der Waals surface area (Å²) in [6, 6.07) is 10.7. The van der Waals surface area contributed by atoms with Crippen molar-refractivity contribution in [3.8, 4) is 5.88 Å². The standard InChI is InChI=1S/C17H20N2O3/c1-11-9-12(2)19-17(22-3)14(11)10-18-16(21)15(20)13-7-5-4-6-8-13/h4-9,15,20H,10H2,1-3H3,(H,18,21)/t15-/m1/s1. The van der Waals surface area contributed by atoms with E-state index in [0.29, 0.717) is 11.4 Å². The molecule has 2 rings (SSSR count). The number of ether oxygens (including phenoxy) is 1. The molecule has 0 unspecified atom stereocenters. The van der Waals surface area contributed by atoms with Gasteiger partial charge in [-0.25, -0.2) is 4.98 Å². The molecule has 0 aliphatic heterocycles. The van der Waals surface area contributed by atoms with Crippen LogP contribution in [0.5, 0.6) is 5.88 Å². The predicted molar refractivity (Wildman–Crippen MR) is 83.5 cm³/mol. The van der Waals surface area contributed by atoms with Crippen molar-refractivity contribution in [1.82, 2.24) is 10.3 Å². The van der Waals surface area contributed by atoms with Gasteiger partial charge in [-0.3, -0.25) is 4.79 Å². The monoisotopic (exact) mass is 300 g/mol. The molecule has 116 valence electrons. The third-order valence-corrected chi connectivity index (χ3v) is 3.43. The Morgan fingerprint density at radius 2 is 2.00 bits per heavy atom. The van der Waals surface area contributed by atoms with Crippen molar-refractivity contribution in [1.29, 1.82) is 0 Å². The molecule has 1 amide bonds. The van der Waals surface area contributed by atoms with Crippen LogP contribution in [-0.2, 0) is 11.3 Å². The van der Waals surface area contributed by atoms with E-state index in [9.17, 15) is 9.90 Å². The van der Waals surface area contributed by atoms with Gasteiger partial charge in [0.1, 0.15) is 0 Å². The van der Waals surface area contributed by atoms with Gasteiger partial charge in [0.15, 0.2) is 6.10 Å². The maximum absolute atomic E-state index is 12.1. The number of amides is 1. The van der Waals surface area contributed by atoms with Crippen LogP contribution in [0.15, 0.2) is 36.4 Å². The van der Waals surface area contributed by atoms with E-state index in [-0.39, 0.29) is 6.54 Å². The van der Waals surface area contributed by atoms with E-state index in [0.717, 1.165) is 16.8 Å². The van der Waals surface area contributed by atoms with Crippen molar-refractivity contribution in [3.63, 3.8) is 0 Å². The highest BCUT2D eigenvalue weighted by Gasteiger charge is 2.18. The first-order valence-electron chi connectivity index (χ1n) is 7.04. The van der Waals surface area contributed by atoms with Gasteiger partial charge in [0.2, 0.25) is 5.88 Å². The molecule has 1 atom stereocenters. The Hall–Kier alpha value is -2.40. The minimum atomic E-state index is -1.19. The average molecular weight is 300 g/mol. The molecule has 1 aromatic heterocycles. The fourth-order valence-electron chi connectivity index (χ4n) is 2.27. The van der Waals surface area contributed by atoms with E-state index in [4.69, 9.17) is 4.74 Å². The molecule has 0 saturated heterocycles. The first kappa shape index (κ1) is 16.0. The van der Waals surface area contributed by atoms with Crippen molar-refractivity contribution in [2.24, 2.45) is 0 Å². The second-order valence-electron chi connectivity index (χ2n) is 5.10. The number of nitrogens with zero attached hydrogens (tertiary/aromatic N) is 1. The van der Waals surface area contributed by atoms with Crippen LogP contribution in [0, 0.1) is 13.8 Å². The van der Waals surface area contributed by atoms with Crippen LogP contribution in [0.2, 0.25) is 0 Å². The molecule has 1 aromatic carbocycles. The van der Waals surface area contributed by atoms with E-state index < -0.39 is 12.0 Å². The minimum absolute atomic E-state index is 0.255. The number of methoxy groups -OCH3 is 1. The molecule has 5 nitrogen and oxygen atoms in total. The summed E-state index contributed by atoms with van der Waals surface area (Å²) in [6.07, 6.45) is -1.19. The number of aromatic nitrogens is 1. The van der Waals surface area contributed by atoms with Crippen molar-refractivity contribution < 1.29 is 14.6 Å². The van der Waals surface area contributed by atoms with Crippen LogP contribution in [0.4, 0.5) is 0 Å². The molecule has 5 heteroatoms. The molecule has 22 heavy (non-hydrogen) atoms. The lowest BCUT2D eigenvalue weighted by molar-refractivity contribution is -0.129. The molecule has 1 heterocycles. The Bertz CT molecular complexity index is 656. The molecule has 0 saturated carbocycles. The molecule has 0 aliphatic carbocycles. The van der Waals surface area contributed by atoms with Gasteiger partial charge in [-0.2, -0.15) is 0 Å². The molecular weight excluding hydrogens is 280 g/mol. The van der Waals surface area contributed by atoms with Gasteiger partial charge in [-0.15, -0.1) is 0 Å². The van der Waals surface area contributed by atoms with Gasteiger partial charge in [-0.05, 0) is 31.0 Å². The Morgan fingerprint density at radius 3 is 2.64 bits per heavy atom. The van der Waals surface area contributed by atoms with Crippen LogP contribution >= 0.6 is 0 Å². The number of aryl methyl sites for hydroxylation is 2. The van der Waals surface area contributed by atoms with Gasteiger partial charge in [0.25, 0.3) is 5.91 Å². The summed E-state index contributed by atoms with van der Waals surface area (Å²) in [7, 11) is 1.55. The number of aliphatic hydroxyl groups excluding tert-OH is 1. The summed E-state index contributed by atoms with van der Waals surface area (Å²) >= 11 is 0. The van der Waals surface area contributed by atoms with Gasteiger partial charge in [0, 0.05) is 17.8 Å². The largest absolute Gasteiger partial charge is 0.481 e. The van der Waals surface area contributed by atoms with Gasteiger partial charge < -0.3 is 15.2 Å². The fraction of sp³-hybridized carbons (Fsp3) is 0.294. The number of hydrogen-bond acceptors (Lipinski definition) is 4. The lowest BCUT2D eigenvalue weighted by atomic mass is 10.1. The highest BCUT2D eigenvalue weighted by molar-refractivity contribution is 5.81. The van der Waals surface area contributed by atoms with Crippen molar-refractivity contribution in [2.75, 3.05) is 7.11 Å². The molecule has 0 spiro atoms.